The van der Waals surface area contributed by atoms with Gasteiger partial charge in [0.25, 0.3) is 0 Å². The summed E-state index contributed by atoms with van der Waals surface area (Å²) < 4.78 is 23.5. The molecule has 1 saturated heterocycles. The fourth-order valence-electron chi connectivity index (χ4n) is 4.57. The van der Waals surface area contributed by atoms with Gasteiger partial charge in [-0.25, -0.2) is 9.97 Å². The van der Waals surface area contributed by atoms with E-state index >= 15 is 0 Å². The Labute approximate surface area is 244 Å². The van der Waals surface area contributed by atoms with Gasteiger partial charge in [-0.1, -0.05) is 49.7 Å². The number of hydrogen-bond donors (Lipinski definition) is 0. The van der Waals surface area contributed by atoms with E-state index in [0.29, 0.717) is 53.7 Å². The Bertz CT molecular complexity index is 1300. The second-order valence-electron chi connectivity index (χ2n) is 12.0. The van der Waals surface area contributed by atoms with Crippen molar-refractivity contribution >= 4 is 25.7 Å². The van der Waals surface area contributed by atoms with Crippen LogP contribution < -0.4 is 9.64 Å². The molecule has 0 bridgehead atoms. The third kappa shape index (κ3) is 6.70. The van der Waals surface area contributed by atoms with Crippen LogP contribution in [0, 0.1) is 20.8 Å². The van der Waals surface area contributed by atoms with E-state index in [0.717, 1.165) is 29.7 Å². The molecule has 0 spiro atoms. The van der Waals surface area contributed by atoms with Crippen molar-refractivity contribution in [1.29, 1.82) is 0 Å². The monoisotopic (exact) mass is 585 g/mol. The lowest BCUT2D eigenvalue weighted by Crippen LogP contribution is -2.44. The maximum atomic E-state index is 7.01. The van der Waals surface area contributed by atoms with Gasteiger partial charge in [-0.05, 0) is 63.9 Å². The van der Waals surface area contributed by atoms with Crippen molar-refractivity contribution in [3.05, 3.63) is 47.7 Å². The van der Waals surface area contributed by atoms with E-state index in [1.807, 2.05) is 45.2 Å². The summed E-state index contributed by atoms with van der Waals surface area (Å²) in [6.45, 7) is 20.8. The van der Waals surface area contributed by atoms with Gasteiger partial charge >= 0.3 is 0 Å². The van der Waals surface area contributed by atoms with E-state index in [-0.39, 0.29) is 17.2 Å². The van der Waals surface area contributed by atoms with Crippen molar-refractivity contribution in [2.24, 2.45) is 0 Å². The number of nitrogens with zero attached hydrogens (tertiary/aromatic N) is 4. The van der Waals surface area contributed by atoms with E-state index in [4.69, 9.17) is 40.0 Å². The smallest absolute Gasteiger partial charge is 0.192 e. The lowest BCUT2D eigenvalue weighted by Gasteiger charge is -2.38. The van der Waals surface area contributed by atoms with Crippen LogP contribution in [0.5, 0.6) is 5.75 Å². The molecule has 0 saturated carbocycles. The molecule has 1 radical (unpaired) electrons. The third-order valence-corrected chi connectivity index (χ3v) is 12.9. The highest BCUT2D eigenvalue weighted by Gasteiger charge is 2.38. The Morgan fingerprint density at radius 1 is 1.18 bits per heavy atom. The molecule has 1 aliphatic heterocycles. The van der Waals surface area contributed by atoms with E-state index in [2.05, 4.69) is 50.8 Å². The molecule has 3 aromatic rings. The zero-order valence-electron chi connectivity index (χ0n) is 25.0. The van der Waals surface area contributed by atoms with Gasteiger partial charge in [-0.2, -0.15) is 0 Å². The largest absolute Gasteiger partial charge is 0.491 e. The Morgan fingerprint density at radius 2 is 1.88 bits per heavy atom. The van der Waals surface area contributed by atoms with Crippen LogP contribution in [-0.2, 0) is 9.16 Å². The molecule has 0 aliphatic carbocycles. The summed E-state index contributed by atoms with van der Waals surface area (Å²) in [5.41, 5.74) is 2.92. The number of rotatable bonds is 9. The predicted molar refractivity (Wildman–Crippen MR) is 163 cm³/mol. The highest BCUT2D eigenvalue weighted by Crippen LogP contribution is 2.40. The van der Waals surface area contributed by atoms with Crippen LogP contribution in [0.15, 0.2) is 28.8 Å². The first kappa shape index (κ1) is 30.5. The standard InChI is InChI=1S/C30H42ClN4O4Si/c1-19(39-40(8,9)30(4,5)6)18-37-24-12-10-11-22(17-24)28-32-27(25-20(2)34-38-21(25)3)26(31)29(33-28)35(7)23-13-15-36-16-14-23/h10-12,17,19,23H,1,13-16,18H2,2-9H3. The van der Waals surface area contributed by atoms with Crippen molar-refractivity contribution in [1.82, 2.24) is 15.1 Å². The van der Waals surface area contributed by atoms with Crippen molar-refractivity contribution < 1.29 is 18.4 Å². The molecule has 1 fully saturated rings. The maximum absolute atomic E-state index is 7.01. The molecule has 1 unspecified atom stereocenters. The van der Waals surface area contributed by atoms with Crippen molar-refractivity contribution in [2.45, 2.75) is 77.7 Å². The first-order valence-corrected chi connectivity index (χ1v) is 17.1. The first-order chi connectivity index (χ1) is 18.8. The number of aryl methyl sites for hydroxylation is 2. The molecule has 1 aromatic carbocycles. The second-order valence-corrected chi connectivity index (χ2v) is 17.2. The molecular weight excluding hydrogens is 544 g/mol. The summed E-state index contributed by atoms with van der Waals surface area (Å²) in [5, 5.41) is 4.71. The summed E-state index contributed by atoms with van der Waals surface area (Å²) in [5.74, 6) is 2.56. The minimum atomic E-state index is -1.95. The number of halogens is 1. The van der Waals surface area contributed by atoms with Crippen LogP contribution in [0.4, 0.5) is 5.82 Å². The number of aromatic nitrogens is 3. The van der Waals surface area contributed by atoms with Crippen LogP contribution in [0.1, 0.15) is 45.1 Å². The molecule has 0 amide bonds. The first-order valence-electron chi connectivity index (χ1n) is 13.8. The lowest BCUT2D eigenvalue weighted by molar-refractivity contribution is 0.0853. The number of benzene rings is 1. The zero-order chi connectivity index (χ0) is 29.2. The van der Waals surface area contributed by atoms with Crippen LogP contribution >= 0.6 is 11.6 Å². The number of hydrogen-bond acceptors (Lipinski definition) is 8. The Hall–Kier alpha value is -2.46. The molecule has 0 N–H and O–H groups in total. The quantitative estimate of drug-likeness (QED) is 0.242. The Morgan fingerprint density at radius 3 is 2.50 bits per heavy atom. The average Bonchev–Trinajstić information content (AvgIpc) is 3.24. The van der Waals surface area contributed by atoms with Crippen LogP contribution in [-0.4, -0.2) is 62.5 Å². The molecule has 1 aliphatic rings. The number of anilines is 1. The summed E-state index contributed by atoms with van der Waals surface area (Å²) in [6.07, 6.45) is 1.53. The van der Waals surface area contributed by atoms with Crippen molar-refractivity contribution in [2.75, 3.05) is 31.8 Å². The zero-order valence-corrected chi connectivity index (χ0v) is 26.8. The van der Waals surface area contributed by atoms with Crippen LogP contribution in [0.2, 0.25) is 23.2 Å². The summed E-state index contributed by atoms with van der Waals surface area (Å²) in [7, 11) is 0.0800. The van der Waals surface area contributed by atoms with Gasteiger partial charge in [0.05, 0.1) is 17.4 Å². The third-order valence-electron chi connectivity index (χ3n) is 7.97. The van der Waals surface area contributed by atoms with E-state index in [1.165, 1.54) is 0 Å². The Balaban J connectivity index is 1.66. The van der Waals surface area contributed by atoms with Gasteiger partial charge in [0.1, 0.15) is 28.8 Å². The fourth-order valence-corrected chi connectivity index (χ4v) is 6.14. The highest BCUT2D eigenvalue weighted by molar-refractivity contribution is 6.74. The van der Waals surface area contributed by atoms with E-state index < -0.39 is 8.32 Å². The highest BCUT2D eigenvalue weighted by atomic mass is 35.5. The molecule has 40 heavy (non-hydrogen) atoms. The van der Waals surface area contributed by atoms with E-state index in [1.54, 1.807) is 0 Å². The molecular formula is C30H42ClN4O4Si. The van der Waals surface area contributed by atoms with Gasteiger partial charge in [-0.3, -0.25) is 0 Å². The predicted octanol–water partition coefficient (Wildman–Crippen LogP) is 7.29. The fraction of sp³-hybridized carbons (Fsp3) is 0.533. The molecule has 3 heterocycles. The molecule has 8 nitrogen and oxygen atoms in total. The average molecular weight is 586 g/mol. The second kappa shape index (κ2) is 12.2. The molecule has 2 aromatic heterocycles. The maximum Gasteiger partial charge on any atom is 0.192 e. The van der Waals surface area contributed by atoms with E-state index in [9.17, 15) is 0 Å². The minimum absolute atomic E-state index is 0.100. The molecule has 4 rings (SSSR count). The molecule has 217 valence electrons. The van der Waals surface area contributed by atoms with Gasteiger partial charge in [0.2, 0.25) is 0 Å². The SMILES string of the molecule is [CH2]C(COc1cccc(-c2nc(-c3c(C)noc3C)c(Cl)c(N(C)C3CCOCC3)n2)c1)O[Si](C)(C)C(C)(C)C. The summed E-state index contributed by atoms with van der Waals surface area (Å²) >= 11 is 7.01. The molecule has 1 atom stereocenters. The molecule has 10 heteroatoms. The van der Waals surface area contributed by atoms with Crippen LogP contribution in [0.25, 0.3) is 22.6 Å². The van der Waals surface area contributed by atoms with Gasteiger partial charge in [0, 0.05) is 31.9 Å². The van der Waals surface area contributed by atoms with Crippen molar-refractivity contribution in [3.8, 4) is 28.4 Å². The van der Waals surface area contributed by atoms with Gasteiger partial charge in [-0.15, -0.1) is 0 Å². The summed E-state index contributed by atoms with van der Waals surface area (Å²) in [6, 6.07) is 8.03. The lowest BCUT2D eigenvalue weighted by atomic mass is 10.1. The van der Waals surface area contributed by atoms with Crippen molar-refractivity contribution in [3.63, 3.8) is 0 Å². The Kier molecular flexibility index (Phi) is 9.29. The van der Waals surface area contributed by atoms with Gasteiger partial charge in [0.15, 0.2) is 20.0 Å². The van der Waals surface area contributed by atoms with Gasteiger partial charge < -0.3 is 23.3 Å². The topological polar surface area (TPSA) is 82.7 Å². The minimum Gasteiger partial charge on any atom is -0.491 e. The normalized spacial score (nSPS) is 15.8. The summed E-state index contributed by atoms with van der Waals surface area (Å²) in [4.78, 5) is 12.0. The van der Waals surface area contributed by atoms with Crippen LogP contribution in [0.3, 0.4) is 0 Å². The number of ether oxygens (including phenoxy) is 2.